The van der Waals surface area contributed by atoms with Crippen LogP contribution in [-0.4, -0.2) is 12.1 Å². The molecular weight excluding hydrogens is 327 g/mol. The number of alkyl halides is 3. The number of benzene rings is 2. The third kappa shape index (κ3) is 3.62. The Labute approximate surface area is 137 Å². The van der Waals surface area contributed by atoms with Crippen LogP contribution < -0.4 is 4.74 Å². The normalized spacial score (nSPS) is 11.3. The summed E-state index contributed by atoms with van der Waals surface area (Å²) >= 11 is 0. The van der Waals surface area contributed by atoms with E-state index in [9.17, 15) is 13.2 Å². The third-order valence-electron chi connectivity index (χ3n) is 3.48. The first kappa shape index (κ1) is 17.2. The van der Waals surface area contributed by atoms with Gasteiger partial charge in [0.25, 0.3) is 0 Å². The van der Waals surface area contributed by atoms with E-state index < -0.39 is 11.7 Å². The molecule has 1 aromatic heterocycles. The lowest BCUT2D eigenvalue weighted by atomic mass is 10.0. The van der Waals surface area contributed by atoms with Crippen LogP contribution in [0.4, 0.5) is 13.2 Å². The molecule has 0 saturated carbocycles. The van der Waals surface area contributed by atoms with Crippen LogP contribution in [0.3, 0.4) is 0 Å². The predicted octanol–water partition coefficient (Wildman–Crippen LogP) is 5.22. The van der Waals surface area contributed by atoms with E-state index in [4.69, 9.17) is 4.74 Å². The zero-order valence-electron chi connectivity index (χ0n) is 12.1. The minimum absolute atomic E-state index is 0. The van der Waals surface area contributed by atoms with Gasteiger partial charge in [0.2, 0.25) is 0 Å². The lowest BCUT2D eigenvalue weighted by Gasteiger charge is -2.07. The number of aromatic nitrogens is 1. The van der Waals surface area contributed by atoms with Crippen molar-refractivity contribution in [2.45, 2.75) is 6.18 Å². The highest BCUT2D eigenvalue weighted by atomic mass is 35.5. The van der Waals surface area contributed by atoms with Gasteiger partial charge in [0.05, 0.1) is 12.7 Å². The average molecular weight is 341 g/mol. The van der Waals surface area contributed by atoms with Gasteiger partial charge in [-0.05, 0) is 35.4 Å². The second kappa shape index (κ2) is 6.54. The van der Waals surface area contributed by atoms with Crippen LogP contribution in [0.1, 0.15) is 16.7 Å². The molecule has 1 radical (unpaired) electrons. The zero-order valence-corrected chi connectivity index (χ0v) is 13.0. The molecule has 121 valence electrons. The lowest BCUT2D eigenvalue weighted by Crippen LogP contribution is -2.04. The molecule has 0 aliphatic rings. The van der Waals surface area contributed by atoms with Crippen molar-refractivity contribution in [3.05, 3.63) is 71.8 Å². The number of hydrogen-bond acceptors (Lipinski definition) is 1. The maximum Gasteiger partial charge on any atom is 0.416 e. The van der Waals surface area contributed by atoms with Crippen LogP contribution in [0.5, 0.6) is 5.75 Å². The van der Waals surface area contributed by atoms with Crippen LogP contribution in [0, 0.1) is 6.42 Å². The van der Waals surface area contributed by atoms with E-state index in [1.54, 1.807) is 7.11 Å². The molecule has 0 saturated heterocycles. The topological polar surface area (TPSA) is 25.0 Å². The quantitative estimate of drug-likeness (QED) is 0.695. The molecule has 2 aromatic carbocycles. The van der Waals surface area contributed by atoms with Crippen molar-refractivity contribution in [2.24, 2.45) is 0 Å². The van der Waals surface area contributed by atoms with E-state index in [1.807, 2.05) is 30.8 Å². The number of aromatic amines is 1. The van der Waals surface area contributed by atoms with Crippen molar-refractivity contribution >= 4 is 23.3 Å². The Morgan fingerprint density at radius 1 is 1.04 bits per heavy atom. The number of fused-ring (bicyclic) bond motifs is 1. The van der Waals surface area contributed by atoms with Gasteiger partial charge >= 0.3 is 6.18 Å². The highest BCUT2D eigenvalue weighted by Gasteiger charge is 2.29. The highest BCUT2D eigenvalue weighted by molar-refractivity contribution is 5.86. The van der Waals surface area contributed by atoms with E-state index in [1.165, 1.54) is 12.1 Å². The van der Waals surface area contributed by atoms with E-state index in [0.29, 0.717) is 5.56 Å². The van der Waals surface area contributed by atoms with Crippen molar-refractivity contribution < 1.29 is 17.9 Å². The van der Waals surface area contributed by atoms with Gasteiger partial charge in [0.15, 0.2) is 0 Å². The second-order valence-electron chi connectivity index (χ2n) is 4.92. The van der Waals surface area contributed by atoms with Gasteiger partial charge < -0.3 is 9.72 Å². The zero-order chi connectivity index (χ0) is 15.7. The van der Waals surface area contributed by atoms with Gasteiger partial charge in [0, 0.05) is 29.6 Å². The minimum Gasteiger partial charge on any atom is -0.497 e. The summed E-state index contributed by atoms with van der Waals surface area (Å²) in [4.78, 5) is 3.13. The Morgan fingerprint density at radius 3 is 2.35 bits per heavy atom. The maximum absolute atomic E-state index is 12.5. The second-order valence-corrected chi connectivity index (χ2v) is 4.92. The number of H-pyrrole nitrogens is 1. The Bertz CT molecular complexity index is 794. The summed E-state index contributed by atoms with van der Waals surface area (Å²) in [5.41, 5.74) is 1.90. The molecule has 0 bridgehead atoms. The van der Waals surface area contributed by atoms with Crippen molar-refractivity contribution in [3.63, 3.8) is 0 Å². The Morgan fingerprint density at radius 2 is 1.74 bits per heavy atom. The van der Waals surface area contributed by atoms with E-state index in [0.717, 1.165) is 34.3 Å². The molecule has 0 aliphatic heterocycles. The molecule has 6 heteroatoms. The Balaban J connectivity index is 0.00000192. The summed E-state index contributed by atoms with van der Waals surface area (Å²) in [7, 11) is 1.60. The van der Waals surface area contributed by atoms with Crippen molar-refractivity contribution in [1.29, 1.82) is 0 Å². The molecule has 1 N–H and O–H groups in total. The van der Waals surface area contributed by atoms with Gasteiger partial charge in [-0.3, -0.25) is 0 Å². The van der Waals surface area contributed by atoms with Crippen LogP contribution in [0.15, 0.2) is 48.7 Å². The van der Waals surface area contributed by atoms with E-state index >= 15 is 0 Å². The summed E-state index contributed by atoms with van der Waals surface area (Å²) in [6, 6.07) is 10.7. The van der Waals surface area contributed by atoms with Crippen LogP contribution in [-0.2, 0) is 6.18 Å². The van der Waals surface area contributed by atoms with Gasteiger partial charge in [-0.25, -0.2) is 0 Å². The number of rotatable bonds is 3. The Kier molecular flexibility index (Phi) is 4.90. The molecule has 3 aromatic rings. The number of ether oxygens (including phenoxy) is 1. The third-order valence-corrected chi connectivity index (χ3v) is 3.48. The number of nitrogens with one attached hydrogen (secondary N) is 1. The van der Waals surface area contributed by atoms with Gasteiger partial charge in [-0.1, -0.05) is 12.1 Å². The lowest BCUT2D eigenvalue weighted by molar-refractivity contribution is -0.137. The maximum atomic E-state index is 12.5. The first-order valence-corrected chi connectivity index (χ1v) is 6.64. The molecule has 0 atom stereocenters. The SMILES string of the molecule is COc1ccc2c([CH]c3ccc(C(F)(F)F)cc3)c[nH]c2c1.Cl. The molecule has 0 fully saturated rings. The first-order chi connectivity index (χ1) is 10.5. The molecular formula is C17H14ClF3NO. The van der Waals surface area contributed by atoms with Crippen LogP contribution >= 0.6 is 12.4 Å². The van der Waals surface area contributed by atoms with Gasteiger partial charge in [0.1, 0.15) is 5.75 Å². The van der Waals surface area contributed by atoms with Crippen LogP contribution in [0.2, 0.25) is 0 Å². The fourth-order valence-corrected chi connectivity index (χ4v) is 2.32. The number of hydrogen-bond donors (Lipinski definition) is 1. The van der Waals surface area contributed by atoms with Crippen molar-refractivity contribution in [3.8, 4) is 5.75 Å². The molecule has 0 aliphatic carbocycles. The minimum atomic E-state index is -4.31. The molecule has 1 heterocycles. The molecule has 3 rings (SSSR count). The fraction of sp³-hybridized carbons (Fsp3) is 0.118. The van der Waals surface area contributed by atoms with E-state index in [2.05, 4.69) is 4.98 Å². The summed E-state index contributed by atoms with van der Waals surface area (Å²) in [5, 5.41) is 0.987. The largest absolute Gasteiger partial charge is 0.497 e. The fourth-order valence-electron chi connectivity index (χ4n) is 2.32. The van der Waals surface area contributed by atoms with E-state index in [-0.39, 0.29) is 12.4 Å². The summed E-state index contributed by atoms with van der Waals surface area (Å²) < 4.78 is 42.8. The van der Waals surface area contributed by atoms with Gasteiger partial charge in [-0.15, -0.1) is 12.4 Å². The van der Waals surface area contributed by atoms with Crippen LogP contribution in [0.25, 0.3) is 10.9 Å². The number of halogens is 4. The molecule has 0 unspecified atom stereocenters. The summed E-state index contributed by atoms with van der Waals surface area (Å²) in [5.74, 6) is 0.746. The van der Waals surface area contributed by atoms with Crippen molar-refractivity contribution in [1.82, 2.24) is 4.98 Å². The number of methoxy groups -OCH3 is 1. The standard InChI is InChI=1S/C17H13F3NO.ClH/c1-22-14-6-7-15-12(10-21-16(15)9-14)8-11-2-4-13(5-3-11)17(18,19)20;/h2-10,21H,1H3;1H. The Hall–Kier alpha value is -2.14. The monoisotopic (exact) mass is 340 g/mol. The molecule has 0 amide bonds. The molecule has 2 nitrogen and oxygen atoms in total. The summed E-state index contributed by atoms with van der Waals surface area (Å²) in [6.45, 7) is 0. The highest BCUT2D eigenvalue weighted by Crippen LogP contribution is 2.30. The molecule has 23 heavy (non-hydrogen) atoms. The smallest absolute Gasteiger partial charge is 0.416 e. The first-order valence-electron chi connectivity index (χ1n) is 6.64. The average Bonchev–Trinajstić information content (AvgIpc) is 2.89. The summed E-state index contributed by atoms with van der Waals surface area (Å²) in [6.07, 6.45) is -0.650. The van der Waals surface area contributed by atoms with Gasteiger partial charge in [-0.2, -0.15) is 13.2 Å². The molecule has 0 spiro atoms. The predicted molar refractivity (Wildman–Crippen MR) is 86.0 cm³/mol. The van der Waals surface area contributed by atoms with Crippen molar-refractivity contribution in [2.75, 3.05) is 7.11 Å².